The number of pyridine rings is 1. The molecular formula is C12H16Cl2N2. The Morgan fingerprint density at radius 3 is 3.00 bits per heavy atom. The Balaban J connectivity index is 1.74. The molecule has 0 aromatic carbocycles. The van der Waals surface area contributed by atoms with Gasteiger partial charge in [-0.25, -0.2) is 0 Å². The molecule has 1 aromatic rings. The first kappa shape index (κ1) is 12.2. The van der Waals surface area contributed by atoms with Crippen molar-refractivity contribution < 1.29 is 0 Å². The highest BCUT2D eigenvalue weighted by Crippen LogP contribution is 2.28. The third-order valence-electron chi connectivity index (χ3n) is 3.08. The van der Waals surface area contributed by atoms with Crippen molar-refractivity contribution >= 4 is 23.2 Å². The molecule has 1 N–H and O–H groups in total. The quantitative estimate of drug-likeness (QED) is 0.840. The van der Waals surface area contributed by atoms with Crippen molar-refractivity contribution in [3.8, 4) is 0 Å². The van der Waals surface area contributed by atoms with Crippen LogP contribution in [0.4, 0.5) is 0 Å². The van der Waals surface area contributed by atoms with E-state index in [1.54, 1.807) is 12.4 Å². The van der Waals surface area contributed by atoms with E-state index in [2.05, 4.69) is 10.3 Å². The van der Waals surface area contributed by atoms with Crippen molar-refractivity contribution in [1.29, 1.82) is 0 Å². The van der Waals surface area contributed by atoms with E-state index in [1.807, 2.05) is 6.07 Å². The number of nitrogens with zero attached hydrogens (tertiary/aromatic N) is 1. The van der Waals surface area contributed by atoms with Crippen molar-refractivity contribution in [1.82, 2.24) is 10.3 Å². The van der Waals surface area contributed by atoms with Crippen LogP contribution in [-0.4, -0.2) is 16.9 Å². The molecule has 2 rings (SSSR count). The molecule has 2 nitrogen and oxygen atoms in total. The number of hydrogen-bond acceptors (Lipinski definition) is 2. The number of alkyl halides is 1. The normalized spacial score (nSPS) is 24.9. The first-order chi connectivity index (χ1) is 7.75. The molecule has 2 atom stereocenters. The molecule has 16 heavy (non-hydrogen) atoms. The molecule has 1 fully saturated rings. The summed E-state index contributed by atoms with van der Waals surface area (Å²) in [5.41, 5.74) is 1.11. The molecule has 0 spiro atoms. The summed E-state index contributed by atoms with van der Waals surface area (Å²) in [6, 6.07) is 1.95. The van der Waals surface area contributed by atoms with Gasteiger partial charge in [-0.15, -0.1) is 11.6 Å². The Hall–Kier alpha value is -0.310. The summed E-state index contributed by atoms with van der Waals surface area (Å²) in [7, 11) is 0. The number of hydrogen-bond donors (Lipinski definition) is 1. The second-order valence-electron chi connectivity index (χ2n) is 4.37. The lowest BCUT2D eigenvalue weighted by atomic mass is 10.1. The second-order valence-corrected chi connectivity index (χ2v) is 5.40. The van der Waals surface area contributed by atoms with E-state index in [9.17, 15) is 0 Å². The largest absolute Gasteiger partial charge is 0.312 e. The maximum absolute atomic E-state index is 6.07. The molecule has 0 saturated heterocycles. The molecule has 1 aromatic heterocycles. The van der Waals surface area contributed by atoms with Gasteiger partial charge < -0.3 is 5.32 Å². The van der Waals surface area contributed by atoms with Gasteiger partial charge in [-0.2, -0.15) is 0 Å². The minimum atomic E-state index is 0.385. The SMILES string of the molecule is Clc1cnccc1CNCC1CCC(Cl)C1. The van der Waals surface area contributed by atoms with Gasteiger partial charge in [0, 0.05) is 24.3 Å². The molecule has 0 amide bonds. The zero-order valence-corrected chi connectivity index (χ0v) is 10.6. The van der Waals surface area contributed by atoms with Crippen LogP contribution in [0.25, 0.3) is 0 Å². The third kappa shape index (κ3) is 3.34. The summed E-state index contributed by atoms with van der Waals surface area (Å²) >= 11 is 12.1. The second kappa shape index (κ2) is 5.85. The van der Waals surface area contributed by atoms with Gasteiger partial charge >= 0.3 is 0 Å². The first-order valence-corrected chi connectivity index (χ1v) is 6.50. The van der Waals surface area contributed by atoms with Gasteiger partial charge in [0.2, 0.25) is 0 Å². The third-order valence-corrected chi connectivity index (χ3v) is 3.82. The van der Waals surface area contributed by atoms with Crippen LogP contribution < -0.4 is 5.32 Å². The average Bonchev–Trinajstić information content (AvgIpc) is 2.67. The van der Waals surface area contributed by atoms with Crippen molar-refractivity contribution in [3.63, 3.8) is 0 Å². The minimum Gasteiger partial charge on any atom is -0.312 e. The van der Waals surface area contributed by atoms with Crippen LogP contribution in [0.5, 0.6) is 0 Å². The molecule has 1 aliphatic rings. The molecular weight excluding hydrogens is 243 g/mol. The fraction of sp³-hybridized carbons (Fsp3) is 0.583. The standard InChI is InChI=1S/C12H16Cl2N2/c13-11-2-1-9(5-11)6-16-7-10-3-4-15-8-12(10)14/h3-4,8-9,11,16H,1-2,5-7H2. The molecule has 1 aliphatic carbocycles. The van der Waals surface area contributed by atoms with Crippen LogP contribution >= 0.6 is 23.2 Å². The highest BCUT2D eigenvalue weighted by molar-refractivity contribution is 6.31. The van der Waals surface area contributed by atoms with Crippen molar-refractivity contribution in [3.05, 3.63) is 29.0 Å². The van der Waals surface area contributed by atoms with Crippen LogP contribution in [0.15, 0.2) is 18.5 Å². The Bertz CT molecular complexity index is 344. The number of nitrogens with one attached hydrogen (secondary N) is 1. The van der Waals surface area contributed by atoms with Crippen LogP contribution in [0.1, 0.15) is 24.8 Å². The number of rotatable bonds is 4. The molecule has 1 heterocycles. The fourth-order valence-corrected chi connectivity index (χ4v) is 2.72. The molecule has 4 heteroatoms. The van der Waals surface area contributed by atoms with Crippen LogP contribution in [0.2, 0.25) is 5.02 Å². The van der Waals surface area contributed by atoms with Gasteiger partial charge in [-0.3, -0.25) is 4.98 Å². The Kier molecular flexibility index (Phi) is 4.45. The molecule has 0 bridgehead atoms. The van der Waals surface area contributed by atoms with Crippen LogP contribution in [0.3, 0.4) is 0 Å². The van der Waals surface area contributed by atoms with Gasteiger partial charge in [-0.1, -0.05) is 11.6 Å². The fourth-order valence-electron chi connectivity index (χ4n) is 2.16. The number of aromatic nitrogens is 1. The lowest BCUT2D eigenvalue weighted by molar-refractivity contribution is 0.490. The lowest BCUT2D eigenvalue weighted by Gasteiger charge is -2.11. The summed E-state index contributed by atoms with van der Waals surface area (Å²) in [4.78, 5) is 3.96. The van der Waals surface area contributed by atoms with Gasteiger partial charge in [0.1, 0.15) is 0 Å². The predicted octanol–water partition coefficient (Wildman–Crippen LogP) is 3.23. The van der Waals surface area contributed by atoms with E-state index in [1.165, 1.54) is 6.42 Å². The topological polar surface area (TPSA) is 24.9 Å². The maximum Gasteiger partial charge on any atom is 0.0634 e. The van der Waals surface area contributed by atoms with Gasteiger partial charge in [0.15, 0.2) is 0 Å². The highest BCUT2D eigenvalue weighted by Gasteiger charge is 2.22. The molecule has 0 aliphatic heterocycles. The Morgan fingerprint density at radius 1 is 1.44 bits per heavy atom. The van der Waals surface area contributed by atoms with E-state index < -0.39 is 0 Å². The van der Waals surface area contributed by atoms with E-state index in [0.29, 0.717) is 5.38 Å². The maximum atomic E-state index is 6.07. The smallest absolute Gasteiger partial charge is 0.0634 e. The summed E-state index contributed by atoms with van der Waals surface area (Å²) < 4.78 is 0. The van der Waals surface area contributed by atoms with Crippen LogP contribution in [-0.2, 0) is 6.54 Å². The van der Waals surface area contributed by atoms with Gasteiger partial charge in [0.25, 0.3) is 0 Å². The van der Waals surface area contributed by atoms with E-state index in [0.717, 1.165) is 42.4 Å². The van der Waals surface area contributed by atoms with Crippen molar-refractivity contribution in [2.75, 3.05) is 6.54 Å². The summed E-state index contributed by atoms with van der Waals surface area (Å²) in [6.07, 6.45) is 6.99. The van der Waals surface area contributed by atoms with E-state index in [-0.39, 0.29) is 0 Å². The lowest BCUT2D eigenvalue weighted by Crippen LogP contribution is -2.21. The zero-order valence-electron chi connectivity index (χ0n) is 9.13. The molecule has 2 unspecified atom stereocenters. The molecule has 1 saturated carbocycles. The Morgan fingerprint density at radius 2 is 2.31 bits per heavy atom. The summed E-state index contributed by atoms with van der Waals surface area (Å²) in [6.45, 7) is 1.84. The zero-order chi connectivity index (χ0) is 11.4. The minimum absolute atomic E-state index is 0.385. The molecule has 88 valence electrons. The Labute approximate surface area is 106 Å². The highest BCUT2D eigenvalue weighted by atomic mass is 35.5. The van der Waals surface area contributed by atoms with E-state index >= 15 is 0 Å². The summed E-state index contributed by atoms with van der Waals surface area (Å²) in [5.74, 6) is 0.725. The van der Waals surface area contributed by atoms with Gasteiger partial charge in [0.05, 0.1) is 5.02 Å². The first-order valence-electron chi connectivity index (χ1n) is 5.69. The average molecular weight is 259 g/mol. The monoisotopic (exact) mass is 258 g/mol. The molecule has 0 radical (unpaired) electrons. The van der Waals surface area contributed by atoms with E-state index in [4.69, 9.17) is 23.2 Å². The van der Waals surface area contributed by atoms with Crippen molar-refractivity contribution in [2.45, 2.75) is 31.2 Å². The van der Waals surface area contributed by atoms with Crippen molar-refractivity contribution in [2.24, 2.45) is 5.92 Å². The van der Waals surface area contributed by atoms with Gasteiger partial charge in [-0.05, 0) is 43.4 Å². The summed E-state index contributed by atoms with van der Waals surface area (Å²) in [5, 5.41) is 4.55. The predicted molar refractivity (Wildman–Crippen MR) is 67.9 cm³/mol. The number of halogens is 2. The van der Waals surface area contributed by atoms with Crippen LogP contribution in [0, 0.1) is 5.92 Å².